The van der Waals surface area contributed by atoms with Crippen molar-refractivity contribution in [3.8, 4) is 0 Å². The van der Waals surface area contributed by atoms with Crippen molar-refractivity contribution in [3.63, 3.8) is 0 Å². The van der Waals surface area contributed by atoms with Crippen molar-refractivity contribution in [2.24, 2.45) is 4.99 Å². The summed E-state index contributed by atoms with van der Waals surface area (Å²) in [5.41, 5.74) is 0. The van der Waals surface area contributed by atoms with Gasteiger partial charge in [-0.3, -0.25) is 9.79 Å². The van der Waals surface area contributed by atoms with E-state index in [1.54, 1.807) is 13.3 Å². The van der Waals surface area contributed by atoms with Crippen LogP contribution in [0.25, 0.3) is 0 Å². The van der Waals surface area contributed by atoms with Gasteiger partial charge in [-0.1, -0.05) is 0 Å². The summed E-state index contributed by atoms with van der Waals surface area (Å²) in [6, 6.07) is 3.50. The predicted molar refractivity (Wildman–Crippen MR) is 107 cm³/mol. The van der Waals surface area contributed by atoms with Gasteiger partial charge in [-0.15, -0.1) is 24.0 Å². The highest BCUT2D eigenvalue weighted by Gasteiger charge is 2.28. The molecule has 1 saturated heterocycles. The highest BCUT2D eigenvalue weighted by atomic mass is 127. The maximum Gasteiger partial charge on any atom is 0.222 e. The van der Waals surface area contributed by atoms with Gasteiger partial charge in [0.15, 0.2) is 15.8 Å². The van der Waals surface area contributed by atoms with Gasteiger partial charge < -0.3 is 20.4 Å². The van der Waals surface area contributed by atoms with Crippen LogP contribution in [0.2, 0.25) is 0 Å². The second kappa shape index (κ2) is 10.6. The number of halogens is 1. The average molecular weight is 484 g/mol. The van der Waals surface area contributed by atoms with E-state index in [0.29, 0.717) is 25.5 Å². The number of amides is 1. The van der Waals surface area contributed by atoms with E-state index < -0.39 is 9.84 Å². The molecule has 3 N–H and O–H groups in total. The molecule has 1 aromatic rings. The van der Waals surface area contributed by atoms with E-state index >= 15 is 0 Å². The first kappa shape index (κ1) is 21.7. The molecular formula is C15H25IN4O4S. The number of carbonyl (C=O) groups excluding carboxylic acids is 1. The van der Waals surface area contributed by atoms with Gasteiger partial charge in [0.25, 0.3) is 0 Å². The minimum absolute atomic E-state index is 0. The number of rotatable bonds is 7. The summed E-state index contributed by atoms with van der Waals surface area (Å²) in [7, 11) is -1.32. The topological polar surface area (TPSA) is 113 Å². The van der Waals surface area contributed by atoms with Crippen molar-refractivity contribution in [1.82, 2.24) is 16.0 Å². The van der Waals surface area contributed by atoms with E-state index in [1.807, 2.05) is 12.1 Å². The van der Waals surface area contributed by atoms with Crippen LogP contribution >= 0.6 is 24.0 Å². The third kappa shape index (κ3) is 8.08. The van der Waals surface area contributed by atoms with Crippen molar-refractivity contribution < 1.29 is 17.6 Å². The third-order valence-corrected chi connectivity index (χ3v) is 5.48. The Kier molecular flexibility index (Phi) is 9.25. The van der Waals surface area contributed by atoms with Gasteiger partial charge in [0, 0.05) is 39.0 Å². The molecule has 142 valence electrons. The number of carbonyl (C=O) groups is 1. The second-order valence-electron chi connectivity index (χ2n) is 5.67. The fraction of sp³-hybridized carbons (Fsp3) is 0.600. The van der Waals surface area contributed by atoms with Crippen molar-refractivity contribution in [2.45, 2.75) is 25.3 Å². The maximum absolute atomic E-state index is 11.8. The summed E-state index contributed by atoms with van der Waals surface area (Å²) in [6.07, 6.45) is 3.13. The first-order valence-electron chi connectivity index (χ1n) is 7.95. The van der Waals surface area contributed by atoms with Crippen molar-refractivity contribution in [3.05, 3.63) is 24.2 Å². The predicted octanol–water partition coefficient (Wildman–Crippen LogP) is 0.299. The monoisotopic (exact) mass is 484 g/mol. The Hall–Kier alpha value is -1.30. The number of hydrogen-bond donors (Lipinski definition) is 3. The number of sulfone groups is 1. The summed E-state index contributed by atoms with van der Waals surface area (Å²) in [6.45, 7) is 1.09. The Morgan fingerprint density at radius 2 is 2.12 bits per heavy atom. The lowest BCUT2D eigenvalue weighted by atomic mass is 10.2. The number of furan rings is 1. The van der Waals surface area contributed by atoms with Crippen LogP contribution in [-0.4, -0.2) is 58.0 Å². The van der Waals surface area contributed by atoms with E-state index in [2.05, 4.69) is 20.9 Å². The quantitative estimate of drug-likeness (QED) is 0.292. The molecule has 0 aromatic carbocycles. The molecule has 0 bridgehead atoms. The largest absolute Gasteiger partial charge is 0.469 e. The van der Waals surface area contributed by atoms with E-state index in [0.717, 1.165) is 12.2 Å². The molecule has 0 saturated carbocycles. The lowest BCUT2D eigenvalue weighted by molar-refractivity contribution is -0.121. The number of nitrogens with one attached hydrogen (secondary N) is 3. The fourth-order valence-corrected chi connectivity index (χ4v) is 4.16. The molecule has 1 amide bonds. The van der Waals surface area contributed by atoms with Gasteiger partial charge in [0.1, 0.15) is 5.76 Å². The summed E-state index contributed by atoms with van der Waals surface area (Å²) in [5.74, 6) is 1.54. The summed E-state index contributed by atoms with van der Waals surface area (Å²) >= 11 is 0. The molecule has 1 aromatic heterocycles. The van der Waals surface area contributed by atoms with Crippen molar-refractivity contribution in [1.29, 1.82) is 0 Å². The maximum atomic E-state index is 11.8. The Bertz CT molecular complexity index is 661. The normalized spacial score (nSPS) is 19.1. The molecule has 0 radical (unpaired) electrons. The van der Waals surface area contributed by atoms with Gasteiger partial charge >= 0.3 is 0 Å². The Labute approximate surface area is 165 Å². The molecule has 1 aliphatic rings. The minimum atomic E-state index is -2.98. The van der Waals surface area contributed by atoms with Gasteiger partial charge in [-0.2, -0.15) is 0 Å². The smallest absolute Gasteiger partial charge is 0.222 e. The van der Waals surface area contributed by atoms with Gasteiger partial charge in [-0.05, 0) is 18.6 Å². The first-order valence-corrected chi connectivity index (χ1v) is 9.77. The zero-order valence-corrected chi connectivity index (χ0v) is 17.3. The number of aliphatic imine (C=N–C) groups is 1. The molecule has 1 unspecified atom stereocenters. The highest BCUT2D eigenvalue weighted by Crippen LogP contribution is 2.11. The summed E-state index contributed by atoms with van der Waals surface area (Å²) < 4.78 is 28.0. The fourth-order valence-electron chi connectivity index (χ4n) is 2.48. The molecule has 0 aliphatic carbocycles. The second-order valence-corrected chi connectivity index (χ2v) is 7.90. The van der Waals surface area contributed by atoms with Crippen molar-refractivity contribution in [2.75, 3.05) is 31.6 Å². The van der Waals surface area contributed by atoms with Crippen LogP contribution in [0.5, 0.6) is 0 Å². The number of nitrogens with zero attached hydrogens (tertiary/aromatic N) is 1. The summed E-state index contributed by atoms with van der Waals surface area (Å²) in [5, 5.41) is 8.94. The van der Waals surface area contributed by atoms with Crippen LogP contribution in [0.3, 0.4) is 0 Å². The molecule has 1 atom stereocenters. The van der Waals surface area contributed by atoms with Crippen LogP contribution in [-0.2, 0) is 21.1 Å². The van der Waals surface area contributed by atoms with Gasteiger partial charge in [0.05, 0.1) is 17.8 Å². The number of hydrogen-bond acceptors (Lipinski definition) is 5. The zero-order chi connectivity index (χ0) is 17.4. The average Bonchev–Trinajstić information content (AvgIpc) is 3.15. The van der Waals surface area contributed by atoms with E-state index in [-0.39, 0.29) is 53.9 Å². The first-order chi connectivity index (χ1) is 11.5. The van der Waals surface area contributed by atoms with Crippen molar-refractivity contribution >= 4 is 45.7 Å². The number of guanidine groups is 1. The van der Waals surface area contributed by atoms with Crippen LogP contribution in [0.15, 0.2) is 27.8 Å². The lowest BCUT2D eigenvalue weighted by Crippen LogP contribution is -2.41. The molecule has 1 aliphatic heterocycles. The standard InChI is InChI=1S/C15H24N4O4S.HI/c1-16-15(17-7-4-13-3-2-9-23-13)18-8-5-14(20)19-12-6-10-24(21,22)11-12;/h2-3,9,12H,4-8,10-11H2,1H3,(H,19,20)(H2,16,17,18);1H. The minimum Gasteiger partial charge on any atom is -0.469 e. The highest BCUT2D eigenvalue weighted by molar-refractivity contribution is 14.0. The van der Waals surface area contributed by atoms with E-state index in [4.69, 9.17) is 4.42 Å². The molecule has 2 rings (SSSR count). The molecule has 1 fully saturated rings. The zero-order valence-electron chi connectivity index (χ0n) is 14.2. The summed E-state index contributed by atoms with van der Waals surface area (Å²) in [4.78, 5) is 15.9. The Balaban J connectivity index is 0.00000312. The molecule has 8 nitrogen and oxygen atoms in total. The lowest BCUT2D eigenvalue weighted by Gasteiger charge is -2.13. The third-order valence-electron chi connectivity index (χ3n) is 3.71. The van der Waals surface area contributed by atoms with Crippen LogP contribution in [0.1, 0.15) is 18.6 Å². The van der Waals surface area contributed by atoms with Crippen LogP contribution in [0.4, 0.5) is 0 Å². The Morgan fingerprint density at radius 3 is 2.72 bits per heavy atom. The van der Waals surface area contributed by atoms with Gasteiger partial charge in [0.2, 0.25) is 5.91 Å². The molecular weight excluding hydrogens is 459 g/mol. The van der Waals surface area contributed by atoms with E-state index in [9.17, 15) is 13.2 Å². The van der Waals surface area contributed by atoms with E-state index in [1.165, 1.54) is 0 Å². The molecule has 25 heavy (non-hydrogen) atoms. The molecule has 2 heterocycles. The van der Waals surface area contributed by atoms with Gasteiger partial charge in [-0.25, -0.2) is 8.42 Å². The molecule has 10 heteroatoms. The SMILES string of the molecule is CN=C(NCCC(=O)NC1CCS(=O)(=O)C1)NCCc1ccco1.I. The Morgan fingerprint density at radius 1 is 1.36 bits per heavy atom. The van der Waals surface area contributed by atoms with Crippen LogP contribution < -0.4 is 16.0 Å². The van der Waals surface area contributed by atoms with Crippen LogP contribution in [0, 0.1) is 0 Å². The molecule has 0 spiro atoms.